The number of anilines is 1. The Kier molecular flexibility index (Phi) is 3.64. The van der Waals surface area contributed by atoms with Gasteiger partial charge < -0.3 is 5.32 Å². The zero-order valence-corrected chi connectivity index (χ0v) is 10.8. The molecule has 0 aliphatic rings. The number of benzene rings is 1. The maximum atomic E-state index is 5.83. The van der Waals surface area contributed by atoms with Crippen LogP contribution in [0.3, 0.4) is 0 Å². The normalized spacial score (nSPS) is 10.3. The third-order valence-corrected chi connectivity index (χ3v) is 2.92. The molecular formula is C14H15ClN2. The topological polar surface area (TPSA) is 24.9 Å². The summed E-state index contributed by atoms with van der Waals surface area (Å²) in [5, 5.41) is 3.86. The molecule has 0 atom stereocenters. The van der Waals surface area contributed by atoms with Crippen LogP contribution in [0.1, 0.15) is 16.7 Å². The van der Waals surface area contributed by atoms with Crippen LogP contribution in [0.15, 0.2) is 36.5 Å². The minimum atomic E-state index is 0.510. The number of pyridine rings is 1. The van der Waals surface area contributed by atoms with Gasteiger partial charge in [-0.2, -0.15) is 0 Å². The Morgan fingerprint density at radius 2 is 2.00 bits per heavy atom. The van der Waals surface area contributed by atoms with E-state index in [9.17, 15) is 0 Å². The van der Waals surface area contributed by atoms with Crippen LogP contribution in [0, 0.1) is 13.8 Å². The number of rotatable bonds is 3. The van der Waals surface area contributed by atoms with E-state index >= 15 is 0 Å². The SMILES string of the molecule is Cc1ccc(C)c(CNc2ccnc(Cl)c2)c1. The molecule has 1 N–H and O–H groups in total. The summed E-state index contributed by atoms with van der Waals surface area (Å²) in [7, 11) is 0. The van der Waals surface area contributed by atoms with Gasteiger partial charge in [0.2, 0.25) is 0 Å². The van der Waals surface area contributed by atoms with Crippen LogP contribution < -0.4 is 5.32 Å². The molecule has 0 aliphatic carbocycles. The van der Waals surface area contributed by atoms with Gasteiger partial charge in [0.05, 0.1) is 0 Å². The summed E-state index contributed by atoms with van der Waals surface area (Å²) in [6, 6.07) is 10.2. The first-order valence-corrected chi connectivity index (χ1v) is 5.94. The summed E-state index contributed by atoms with van der Waals surface area (Å²) in [5.41, 5.74) is 4.87. The van der Waals surface area contributed by atoms with Crippen molar-refractivity contribution in [1.82, 2.24) is 4.98 Å². The fourth-order valence-corrected chi connectivity index (χ4v) is 1.87. The smallest absolute Gasteiger partial charge is 0.131 e. The fraction of sp³-hybridized carbons (Fsp3) is 0.214. The van der Waals surface area contributed by atoms with Crippen LogP contribution in [-0.2, 0) is 6.54 Å². The van der Waals surface area contributed by atoms with E-state index in [-0.39, 0.29) is 0 Å². The summed E-state index contributed by atoms with van der Waals surface area (Å²) in [4.78, 5) is 3.95. The molecule has 0 aliphatic heterocycles. The van der Waals surface area contributed by atoms with E-state index < -0.39 is 0 Å². The predicted molar refractivity (Wildman–Crippen MR) is 72.5 cm³/mol. The van der Waals surface area contributed by atoms with Crippen LogP contribution in [0.4, 0.5) is 5.69 Å². The van der Waals surface area contributed by atoms with Crippen molar-refractivity contribution in [2.75, 3.05) is 5.32 Å². The molecule has 2 aromatic rings. The van der Waals surface area contributed by atoms with Gasteiger partial charge in [0, 0.05) is 18.4 Å². The lowest BCUT2D eigenvalue weighted by atomic mass is 10.1. The van der Waals surface area contributed by atoms with Crippen LogP contribution in [0.25, 0.3) is 0 Å². The number of aromatic nitrogens is 1. The van der Waals surface area contributed by atoms with Crippen molar-refractivity contribution >= 4 is 17.3 Å². The Labute approximate surface area is 107 Å². The highest BCUT2D eigenvalue weighted by Crippen LogP contribution is 2.15. The molecular weight excluding hydrogens is 232 g/mol. The van der Waals surface area contributed by atoms with Crippen molar-refractivity contribution in [2.24, 2.45) is 0 Å². The second-order valence-electron chi connectivity index (χ2n) is 4.15. The highest BCUT2D eigenvalue weighted by molar-refractivity contribution is 6.29. The van der Waals surface area contributed by atoms with Gasteiger partial charge in [-0.1, -0.05) is 35.4 Å². The monoisotopic (exact) mass is 246 g/mol. The Balaban J connectivity index is 2.09. The molecule has 3 heteroatoms. The van der Waals surface area contributed by atoms with E-state index in [0.29, 0.717) is 5.15 Å². The second-order valence-corrected chi connectivity index (χ2v) is 4.54. The lowest BCUT2D eigenvalue weighted by molar-refractivity contribution is 1.11. The van der Waals surface area contributed by atoms with Crippen molar-refractivity contribution in [3.63, 3.8) is 0 Å². The molecule has 0 unspecified atom stereocenters. The Morgan fingerprint density at radius 3 is 2.76 bits per heavy atom. The highest BCUT2D eigenvalue weighted by atomic mass is 35.5. The molecule has 2 rings (SSSR count). The molecule has 0 amide bonds. The van der Waals surface area contributed by atoms with Crippen molar-refractivity contribution in [2.45, 2.75) is 20.4 Å². The van der Waals surface area contributed by atoms with Crippen molar-refractivity contribution in [3.8, 4) is 0 Å². The van der Waals surface area contributed by atoms with E-state index in [2.05, 4.69) is 42.3 Å². The van der Waals surface area contributed by atoms with E-state index in [1.54, 1.807) is 6.20 Å². The molecule has 17 heavy (non-hydrogen) atoms. The van der Waals surface area contributed by atoms with Gasteiger partial charge in [0.15, 0.2) is 0 Å². The van der Waals surface area contributed by atoms with Crippen molar-refractivity contribution < 1.29 is 0 Å². The maximum absolute atomic E-state index is 5.83. The number of nitrogens with one attached hydrogen (secondary N) is 1. The Bertz CT molecular complexity index is 523. The molecule has 1 aromatic carbocycles. The van der Waals surface area contributed by atoms with Gasteiger partial charge in [-0.15, -0.1) is 0 Å². The standard InChI is InChI=1S/C14H15ClN2/c1-10-3-4-11(2)12(7-10)9-17-13-5-6-16-14(15)8-13/h3-8H,9H2,1-2H3,(H,16,17). The molecule has 0 fully saturated rings. The predicted octanol–water partition coefficient (Wildman–Crippen LogP) is 3.96. The minimum absolute atomic E-state index is 0.510. The molecule has 1 heterocycles. The molecule has 1 aromatic heterocycles. The van der Waals surface area contributed by atoms with E-state index in [1.807, 2.05) is 12.1 Å². The third-order valence-electron chi connectivity index (χ3n) is 2.71. The van der Waals surface area contributed by atoms with Gasteiger partial charge in [-0.05, 0) is 37.1 Å². The molecule has 0 spiro atoms. The fourth-order valence-electron chi connectivity index (χ4n) is 1.70. The quantitative estimate of drug-likeness (QED) is 0.829. The average Bonchev–Trinajstić information content (AvgIpc) is 2.30. The highest BCUT2D eigenvalue weighted by Gasteiger charge is 1.99. The largest absolute Gasteiger partial charge is 0.381 e. The number of hydrogen-bond donors (Lipinski definition) is 1. The van der Waals surface area contributed by atoms with Gasteiger partial charge in [0.1, 0.15) is 5.15 Å². The minimum Gasteiger partial charge on any atom is -0.381 e. The summed E-state index contributed by atoms with van der Waals surface area (Å²) in [5.74, 6) is 0. The lowest BCUT2D eigenvalue weighted by Crippen LogP contribution is -2.01. The number of hydrogen-bond acceptors (Lipinski definition) is 2. The number of nitrogens with zero attached hydrogens (tertiary/aromatic N) is 1. The van der Waals surface area contributed by atoms with E-state index in [1.165, 1.54) is 16.7 Å². The average molecular weight is 247 g/mol. The summed E-state index contributed by atoms with van der Waals surface area (Å²) in [6.45, 7) is 5.02. The van der Waals surface area contributed by atoms with E-state index in [4.69, 9.17) is 11.6 Å². The number of aryl methyl sites for hydroxylation is 2. The van der Waals surface area contributed by atoms with Gasteiger partial charge in [-0.25, -0.2) is 4.98 Å². The molecule has 2 nitrogen and oxygen atoms in total. The maximum Gasteiger partial charge on any atom is 0.131 e. The lowest BCUT2D eigenvalue weighted by Gasteiger charge is -2.10. The van der Waals surface area contributed by atoms with Gasteiger partial charge in [-0.3, -0.25) is 0 Å². The first kappa shape index (κ1) is 11.9. The molecule has 88 valence electrons. The van der Waals surface area contributed by atoms with Crippen molar-refractivity contribution in [3.05, 3.63) is 58.4 Å². The Morgan fingerprint density at radius 1 is 1.18 bits per heavy atom. The van der Waals surface area contributed by atoms with Gasteiger partial charge in [0.25, 0.3) is 0 Å². The summed E-state index contributed by atoms with van der Waals surface area (Å²) < 4.78 is 0. The molecule has 0 radical (unpaired) electrons. The van der Waals surface area contributed by atoms with E-state index in [0.717, 1.165) is 12.2 Å². The number of halogens is 1. The summed E-state index contributed by atoms with van der Waals surface area (Å²) >= 11 is 5.83. The van der Waals surface area contributed by atoms with Crippen LogP contribution >= 0.6 is 11.6 Å². The first-order valence-electron chi connectivity index (χ1n) is 5.57. The van der Waals surface area contributed by atoms with Crippen LogP contribution in [0.5, 0.6) is 0 Å². The van der Waals surface area contributed by atoms with Crippen LogP contribution in [0.2, 0.25) is 5.15 Å². The summed E-state index contributed by atoms with van der Waals surface area (Å²) in [6.07, 6.45) is 1.70. The van der Waals surface area contributed by atoms with Crippen LogP contribution in [-0.4, -0.2) is 4.98 Å². The zero-order chi connectivity index (χ0) is 12.3. The third kappa shape index (κ3) is 3.21. The Hall–Kier alpha value is -1.54. The molecule has 0 bridgehead atoms. The second kappa shape index (κ2) is 5.19. The first-order chi connectivity index (χ1) is 8.15. The molecule has 0 saturated carbocycles. The molecule has 0 saturated heterocycles. The van der Waals surface area contributed by atoms with Crippen molar-refractivity contribution in [1.29, 1.82) is 0 Å². The zero-order valence-electron chi connectivity index (χ0n) is 10.00. The van der Waals surface area contributed by atoms with Gasteiger partial charge >= 0.3 is 0 Å².